The molecular formula is C18H17N3. The number of rotatable bonds is 2. The van der Waals surface area contributed by atoms with Crippen molar-refractivity contribution in [1.82, 2.24) is 0 Å². The molecule has 3 heteroatoms. The van der Waals surface area contributed by atoms with E-state index in [0.717, 1.165) is 17.1 Å². The summed E-state index contributed by atoms with van der Waals surface area (Å²) >= 11 is 0. The summed E-state index contributed by atoms with van der Waals surface area (Å²) in [7, 11) is 0. The molecule has 3 rings (SSSR count). The van der Waals surface area contributed by atoms with Gasteiger partial charge >= 0.3 is 0 Å². The molecule has 0 saturated heterocycles. The van der Waals surface area contributed by atoms with E-state index >= 15 is 0 Å². The van der Waals surface area contributed by atoms with E-state index in [9.17, 15) is 0 Å². The van der Waals surface area contributed by atoms with E-state index in [-0.39, 0.29) is 0 Å². The van der Waals surface area contributed by atoms with Crippen molar-refractivity contribution in [2.24, 2.45) is 10.2 Å². The van der Waals surface area contributed by atoms with Crippen LogP contribution in [0.2, 0.25) is 0 Å². The number of nitrogens with zero attached hydrogens (tertiary/aromatic N) is 2. The Morgan fingerprint density at radius 1 is 0.476 bits per heavy atom. The molecule has 0 unspecified atom stereocenters. The summed E-state index contributed by atoms with van der Waals surface area (Å²) in [6.45, 7) is 0. The molecule has 3 nitrogen and oxygen atoms in total. The van der Waals surface area contributed by atoms with Gasteiger partial charge in [0.15, 0.2) is 0 Å². The Balaban J connectivity index is 0.000000194. The summed E-state index contributed by atoms with van der Waals surface area (Å²) in [4.78, 5) is 0. The Bertz CT molecular complexity index is 608. The van der Waals surface area contributed by atoms with E-state index in [1.807, 2.05) is 91.0 Å². The van der Waals surface area contributed by atoms with E-state index in [0.29, 0.717) is 0 Å². The Kier molecular flexibility index (Phi) is 5.70. The molecule has 0 radical (unpaired) electrons. The van der Waals surface area contributed by atoms with Crippen LogP contribution >= 0.6 is 0 Å². The van der Waals surface area contributed by atoms with Crippen molar-refractivity contribution in [3.63, 3.8) is 0 Å². The fourth-order valence-corrected chi connectivity index (χ4v) is 1.56. The summed E-state index contributed by atoms with van der Waals surface area (Å²) in [5, 5.41) is 8.20. The van der Waals surface area contributed by atoms with Gasteiger partial charge in [-0.05, 0) is 36.4 Å². The number of nitrogen functional groups attached to an aromatic ring is 1. The van der Waals surface area contributed by atoms with Crippen LogP contribution in [0.15, 0.2) is 101 Å². The van der Waals surface area contributed by atoms with Crippen molar-refractivity contribution < 1.29 is 0 Å². The van der Waals surface area contributed by atoms with Crippen LogP contribution in [0.5, 0.6) is 0 Å². The lowest BCUT2D eigenvalue weighted by molar-refractivity contribution is 1.23. The first kappa shape index (κ1) is 14.5. The number of para-hydroxylation sites is 1. The van der Waals surface area contributed by atoms with Crippen LogP contribution in [0.4, 0.5) is 17.1 Å². The molecule has 0 fully saturated rings. The lowest BCUT2D eigenvalue weighted by atomic mass is 10.3. The molecule has 0 aromatic heterocycles. The van der Waals surface area contributed by atoms with E-state index in [4.69, 9.17) is 5.73 Å². The van der Waals surface area contributed by atoms with Gasteiger partial charge in [-0.1, -0.05) is 54.6 Å². The lowest BCUT2D eigenvalue weighted by Gasteiger charge is -1.91. The molecule has 0 aliphatic heterocycles. The van der Waals surface area contributed by atoms with E-state index in [1.54, 1.807) is 0 Å². The summed E-state index contributed by atoms with van der Waals surface area (Å²) in [5.41, 5.74) is 7.92. The van der Waals surface area contributed by atoms with Crippen LogP contribution in [-0.2, 0) is 0 Å². The van der Waals surface area contributed by atoms with Gasteiger partial charge in [0.25, 0.3) is 0 Å². The van der Waals surface area contributed by atoms with Crippen molar-refractivity contribution in [3.8, 4) is 0 Å². The third-order valence-electron chi connectivity index (χ3n) is 2.59. The monoisotopic (exact) mass is 275 g/mol. The number of hydrogen-bond donors (Lipinski definition) is 1. The SMILES string of the molecule is Nc1ccccc1.c1ccc(/N=N/c2ccccc2)cc1. The number of hydrogen-bond acceptors (Lipinski definition) is 3. The van der Waals surface area contributed by atoms with Crippen LogP contribution in [0.1, 0.15) is 0 Å². The average Bonchev–Trinajstić information content (AvgIpc) is 2.56. The molecule has 0 spiro atoms. The Morgan fingerprint density at radius 3 is 1.10 bits per heavy atom. The highest BCUT2D eigenvalue weighted by molar-refractivity contribution is 5.39. The van der Waals surface area contributed by atoms with Crippen LogP contribution in [0.3, 0.4) is 0 Å². The first-order valence-corrected chi connectivity index (χ1v) is 6.67. The lowest BCUT2D eigenvalue weighted by Crippen LogP contribution is -1.79. The Hall–Kier alpha value is -2.94. The average molecular weight is 275 g/mol. The van der Waals surface area contributed by atoms with Crippen LogP contribution in [-0.4, -0.2) is 0 Å². The molecule has 0 saturated carbocycles. The molecule has 104 valence electrons. The highest BCUT2D eigenvalue weighted by Crippen LogP contribution is 2.16. The maximum atomic E-state index is 5.36. The smallest absolute Gasteiger partial charge is 0.0857 e. The zero-order valence-corrected chi connectivity index (χ0v) is 11.6. The second kappa shape index (κ2) is 8.27. The van der Waals surface area contributed by atoms with E-state index in [1.165, 1.54) is 0 Å². The van der Waals surface area contributed by atoms with Gasteiger partial charge in [-0.3, -0.25) is 0 Å². The predicted octanol–water partition coefficient (Wildman–Crippen LogP) is 5.37. The summed E-state index contributed by atoms with van der Waals surface area (Å²) in [5.74, 6) is 0. The topological polar surface area (TPSA) is 50.7 Å². The zero-order valence-electron chi connectivity index (χ0n) is 11.6. The molecule has 0 bridgehead atoms. The number of anilines is 1. The van der Waals surface area contributed by atoms with Gasteiger partial charge in [0.2, 0.25) is 0 Å². The number of nitrogens with two attached hydrogens (primary N) is 1. The minimum atomic E-state index is 0.822. The first-order valence-electron chi connectivity index (χ1n) is 6.67. The second-order valence-electron chi connectivity index (χ2n) is 4.28. The van der Waals surface area contributed by atoms with Gasteiger partial charge in [-0.2, -0.15) is 10.2 Å². The van der Waals surface area contributed by atoms with Crippen molar-refractivity contribution in [3.05, 3.63) is 91.0 Å². The molecule has 0 aliphatic rings. The van der Waals surface area contributed by atoms with Crippen molar-refractivity contribution in [2.45, 2.75) is 0 Å². The maximum Gasteiger partial charge on any atom is 0.0857 e. The minimum Gasteiger partial charge on any atom is -0.399 e. The van der Waals surface area contributed by atoms with Crippen LogP contribution < -0.4 is 5.73 Å². The zero-order chi connectivity index (χ0) is 14.8. The molecule has 0 amide bonds. The van der Waals surface area contributed by atoms with Crippen LogP contribution in [0.25, 0.3) is 0 Å². The molecule has 3 aromatic rings. The normalized spacial score (nSPS) is 9.90. The van der Waals surface area contributed by atoms with E-state index < -0.39 is 0 Å². The molecule has 2 N–H and O–H groups in total. The van der Waals surface area contributed by atoms with Gasteiger partial charge in [0.1, 0.15) is 0 Å². The maximum absolute atomic E-state index is 5.36. The Labute approximate surface area is 124 Å². The number of azo groups is 1. The molecular weight excluding hydrogens is 258 g/mol. The van der Waals surface area contributed by atoms with Gasteiger partial charge in [0.05, 0.1) is 11.4 Å². The van der Waals surface area contributed by atoms with Crippen LogP contribution in [0, 0.1) is 0 Å². The number of benzene rings is 3. The molecule has 0 heterocycles. The van der Waals surface area contributed by atoms with E-state index in [2.05, 4.69) is 10.2 Å². The molecule has 3 aromatic carbocycles. The van der Waals surface area contributed by atoms with Crippen molar-refractivity contribution in [1.29, 1.82) is 0 Å². The molecule has 0 atom stereocenters. The molecule has 0 aliphatic carbocycles. The van der Waals surface area contributed by atoms with Gasteiger partial charge < -0.3 is 5.73 Å². The summed E-state index contributed by atoms with van der Waals surface area (Å²) < 4.78 is 0. The second-order valence-corrected chi connectivity index (χ2v) is 4.28. The molecule has 21 heavy (non-hydrogen) atoms. The third kappa shape index (κ3) is 5.70. The predicted molar refractivity (Wildman–Crippen MR) is 87.9 cm³/mol. The first-order chi connectivity index (χ1) is 10.3. The van der Waals surface area contributed by atoms with Gasteiger partial charge in [0, 0.05) is 5.69 Å². The quantitative estimate of drug-likeness (QED) is 0.496. The van der Waals surface area contributed by atoms with Gasteiger partial charge in [-0.15, -0.1) is 0 Å². The Morgan fingerprint density at radius 2 is 0.810 bits per heavy atom. The summed E-state index contributed by atoms with van der Waals surface area (Å²) in [6.07, 6.45) is 0. The highest BCUT2D eigenvalue weighted by Gasteiger charge is 1.86. The van der Waals surface area contributed by atoms with Crippen molar-refractivity contribution >= 4 is 17.1 Å². The fraction of sp³-hybridized carbons (Fsp3) is 0. The standard InChI is InChI=1S/C12H10N2.C6H7N/c1-3-7-11(8-4-1)13-14-12-9-5-2-6-10-12;7-6-4-2-1-3-5-6/h1-10H;1-5H,7H2/b14-13+;. The largest absolute Gasteiger partial charge is 0.399 e. The summed E-state index contributed by atoms with van der Waals surface area (Å²) in [6, 6.07) is 28.9. The van der Waals surface area contributed by atoms with Gasteiger partial charge in [-0.25, -0.2) is 0 Å². The fourth-order valence-electron chi connectivity index (χ4n) is 1.56. The highest BCUT2D eigenvalue weighted by atomic mass is 15.1. The van der Waals surface area contributed by atoms with Crippen molar-refractivity contribution in [2.75, 3.05) is 5.73 Å². The third-order valence-corrected chi connectivity index (χ3v) is 2.59. The minimum absolute atomic E-state index is 0.822.